The fourth-order valence-corrected chi connectivity index (χ4v) is 1.18. The lowest BCUT2D eigenvalue weighted by molar-refractivity contribution is -0.120. The van der Waals surface area contributed by atoms with Gasteiger partial charge in [-0.25, -0.2) is 0 Å². The topological polar surface area (TPSA) is 72.9 Å². The van der Waals surface area contributed by atoms with E-state index in [0.29, 0.717) is 12.2 Å². The molecule has 0 radical (unpaired) electrons. The monoisotopic (exact) mass is 196 g/mol. The highest BCUT2D eigenvalue weighted by atomic mass is 16.1. The van der Waals surface area contributed by atoms with Gasteiger partial charge in [-0.2, -0.15) is 5.10 Å². The van der Waals surface area contributed by atoms with E-state index in [-0.39, 0.29) is 5.91 Å². The number of hydrogen-bond donors (Lipinski definition) is 2. The number of nitrogen functional groups attached to an aromatic ring is 1. The van der Waals surface area contributed by atoms with Gasteiger partial charge in [0, 0.05) is 31.8 Å². The second-order valence-corrected chi connectivity index (χ2v) is 3.24. The molecule has 0 atom stereocenters. The Morgan fingerprint density at radius 2 is 2.43 bits per heavy atom. The van der Waals surface area contributed by atoms with E-state index in [0.717, 1.165) is 18.5 Å². The first-order chi connectivity index (χ1) is 6.63. The molecule has 5 nitrogen and oxygen atoms in total. The van der Waals surface area contributed by atoms with Crippen molar-refractivity contribution in [1.82, 2.24) is 15.1 Å². The Kier molecular flexibility index (Phi) is 3.50. The van der Waals surface area contributed by atoms with E-state index in [1.807, 2.05) is 13.1 Å². The maximum Gasteiger partial charge on any atom is 0.219 e. The van der Waals surface area contributed by atoms with E-state index < -0.39 is 0 Å². The zero-order valence-electron chi connectivity index (χ0n) is 8.58. The highest BCUT2D eigenvalue weighted by molar-refractivity contribution is 5.75. The van der Waals surface area contributed by atoms with Gasteiger partial charge in [-0.15, -0.1) is 0 Å². The molecule has 0 saturated heterocycles. The summed E-state index contributed by atoms with van der Waals surface area (Å²) in [6.07, 6.45) is 3.19. The minimum absolute atomic E-state index is 0.0573. The molecule has 1 aromatic rings. The lowest BCUT2D eigenvalue weighted by Crippen LogP contribution is -2.17. The molecule has 78 valence electrons. The molecule has 3 N–H and O–H groups in total. The van der Waals surface area contributed by atoms with Gasteiger partial charge in [0.1, 0.15) is 5.82 Å². The number of anilines is 1. The van der Waals surface area contributed by atoms with Crippen LogP contribution in [0.3, 0.4) is 0 Å². The summed E-state index contributed by atoms with van der Waals surface area (Å²) in [5.74, 6) is 0.617. The van der Waals surface area contributed by atoms with Gasteiger partial charge in [0.05, 0.1) is 0 Å². The third-order valence-corrected chi connectivity index (χ3v) is 2.05. The third kappa shape index (κ3) is 2.76. The Labute approximate surface area is 83.3 Å². The largest absolute Gasteiger partial charge is 0.382 e. The van der Waals surface area contributed by atoms with Crippen molar-refractivity contribution in [2.75, 3.05) is 12.8 Å². The molecule has 0 unspecified atom stereocenters. The summed E-state index contributed by atoms with van der Waals surface area (Å²) in [5, 5.41) is 6.67. The number of amides is 1. The number of carbonyl (C=O) groups excluding carboxylic acids is 1. The second kappa shape index (κ2) is 4.64. The molecule has 0 aliphatic heterocycles. The Balaban J connectivity index is 2.35. The van der Waals surface area contributed by atoms with Crippen molar-refractivity contribution in [2.24, 2.45) is 0 Å². The predicted octanol–water partition coefficient (Wildman–Crippen LogP) is 0.300. The highest BCUT2D eigenvalue weighted by Gasteiger charge is 2.01. The van der Waals surface area contributed by atoms with Crippen LogP contribution in [-0.4, -0.2) is 22.7 Å². The maximum absolute atomic E-state index is 10.9. The normalized spacial score (nSPS) is 10.1. The molecular weight excluding hydrogens is 180 g/mol. The van der Waals surface area contributed by atoms with Gasteiger partial charge < -0.3 is 11.1 Å². The van der Waals surface area contributed by atoms with Crippen LogP contribution < -0.4 is 11.1 Å². The van der Waals surface area contributed by atoms with E-state index in [9.17, 15) is 4.79 Å². The minimum Gasteiger partial charge on any atom is -0.382 e. The van der Waals surface area contributed by atoms with Gasteiger partial charge in [0.2, 0.25) is 5.91 Å². The van der Waals surface area contributed by atoms with E-state index in [1.54, 1.807) is 11.7 Å². The number of aryl methyl sites for hydroxylation is 2. The van der Waals surface area contributed by atoms with Crippen LogP contribution in [0.25, 0.3) is 0 Å². The molecule has 0 spiro atoms. The minimum atomic E-state index is 0.0573. The second-order valence-electron chi connectivity index (χ2n) is 3.24. The number of rotatable bonds is 4. The van der Waals surface area contributed by atoms with Crippen molar-refractivity contribution in [3.63, 3.8) is 0 Å². The fourth-order valence-electron chi connectivity index (χ4n) is 1.18. The van der Waals surface area contributed by atoms with E-state index in [2.05, 4.69) is 10.4 Å². The zero-order chi connectivity index (χ0) is 10.6. The summed E-state index contributed by atoms with van der Waals surface area (Å²) in [6.45, 7) is 2.64. The molecular formula is C9H16N4O. The molecule has 5 heteroatoms. The average molecular weight is 196 g/mol. The van der Waals surface area contributed by atoms with Crippen LogP contribution in [-0.2, 0) is 11.3 Å². The summed E-state index contributed by atoms with van der Waals surface area (Å²) in [4.78, 5) is 10.9. The highest BCUT2D eigenvalue weighted by Crippen LogP contribution is 2.06. The van der Waals surface area contributed by atoms with E-state index >= 15 is 0 Å². The molecule has 1 heterocycles. The quantitative estimate of drug-likeness (QED) is 0.727. The van der Waals surface area contributed by atoms with Gasteiger partial charge in [-0.05, 0) is 13.3 Å². The molecule has 0 saturated carbocycles. The van der Waals surface area contributed by atoms with Gasteiger partial charge in [-0.3, -0.25) is 9.48 Å². The smallest absolute Gasteiger partial charge is 0.219 e. The van der Waals surface area contributed by atoms with Crippen LogP contribution in [0.4, 0.5) is 5.82 Å². The van der Waals surface area contributed by atoms with Crippen molar-refractivity contribution in [1.29, 1.82) is 0 Å². The zero-order valence-corrected chi connectivity index (χ0v) is 8.58. The lowest BCUT2D eigenvalue weighted by Gasteiger charge is -2.00. The first kappa shape index (κ1) is 10.6. The Morgan fingerprint density at radius 3 is 2.93 bits per heavy atom. The molecule has 1 rings (SSSR count). The molecule has 0 fully saturated rings. The van der Waals surface area contributed by atoms with Gasteiger partial charge in [0.25, 0.3) is 0 Å². The van der Waals surface area contributed by atoms with Crippen LogP contribution in [0, 0.1) is 6.92 Å². The SMILES string of the molecule is CNC(=O)CCCn1cc(C)c(N)n1. The molecule has 14 heavy (non-hydrogen) atoms. The summed E-state index contributed by atoms with van der Waals surface area (Å²) in [5.41, 5.74) is 6.56. The Hall–Kier alpha value is -1.52. The first-order valence-electron chi connectivity index (χ1n) is 4.63. The molecule has 1 amide bonds. The Bertz CT molecular complexity index is 299. The average Bonchev–Trinajstić information content (AvgIpc) is 2.46. The van der Waals surface area contributed by atoms with Crippen LogP contribution >= 0.6 is 0 Å². The van der Waals surface area contributed by atoms with Crippen molar-refractivity contribution in [3.8, 4) is 0 Å². The van der Waals surface area contributed by atoms with E-state index in [1.165, 1.54) is 0 Å². The molecule has 0 aliphatic rings. The number of nitrogens with zero attached hydrogens (tertiary/aromatic N) is 2. The van der Waals surface area contributed by atoms with Crippen molar-refractivity contribution < 1.29 is 4.79 Å². The van der Waals surface area contributed by atoms with Crippen molar-refractivity contribution >= 4 is 11.7 Å². The molecule has 1 aromatic heterocycles. The molecule has 0 bridgehead atoms. The summed E-state index contributed by atoms with van der Waals surface area (Å²) >= 11 is 0. The number of hydrogen-bond acceptors (Lipinski definition) is 3. The molecule has 0 aliphatic carbocycles. The summed E-state index contributed by atoms with van der Waals surface area (Å²) in [6, 6.07) is 0. The van der Waals surface area contributed by atoms with Crippen LogP contribution in [0.1, 0.15) is 18.4 Å². The summed E-state index contributed by atoms with van der Waals surface area (Å²) < 4.78 is 1.77. The van der Waals surface area contributed by atoms with Gasteiger partial charge in [-0.1, -0.05) is 0 Å². The number of carbonyl (C=O) groups is 1. The molecule has 0 aromatic carbocycles. The predicted molar refractivity (Wildman–Crippen MR) is 54.7 cm³/mol. The third-order valence-electron chi connectivity index (χ3n) is 2.05. The van der Waals surface area contributed by atoms with E-state index in [4.69, 9.17) is 5.73 Å². The Morgan fingerprint density at radius 1 is 1.71 bits per heavy atom. The van der Waals surface area contributed by atoms with Crippen LogP contribution in [0.5, 0.6) is 0 Å². The van der Waals surface area contributed by atoms with Gasteiger partial charge in [0.15, 0.2) is 0 Å². The number of aromatic nitrogens is 2. The van der Waals surface area contributed by atoms with Crippen molar-refractivity contribution in [2.45, 2.75) is 26.3 Å². The van der Waals surface area contributed by atoms with Crippen molar-refractivity contribution in [3.05, 3.63) is 11.8 Å². The lowest BCUT2D eigenvalue weighted by atomic mass is 10.3. The number of nitrogens with two attached hydrogens (primary N) is 1. The van der Waals surface area contributed by atoms with Gasteiger partial charge >= 0.3 is 0 Å². The fraction of sp³-hybridized carbons (Fsp3) is 0.556. The van der Waals surface area contributed by atoms with Crippen LogP contribution in [0.2, 0.25) is 0 Å². The summed E-state index contributed by atoms with van der Waals surface area (Å²) in [7, 11) is 1.64. The van der Waals surface area contributed by atoms with Crippen LogP contribution in [0.15, 0.2) is 6.20 Å². The standard InChI is InChI=1S/C9H16N4O/c1-7-6-13(12-9(7)10)5-3-4-8(14)11-2/h6H,3-5H2,1-2H3,(H2,10,12)(H,11,14). The first-order valence-corrected chi connectivity index (χ1v) is 4.63. The number of nitrogens with one attached hydrogen (secondary N) is 1. The maximum atomic E-state index is 10.9.